The van der Waals surface area contributed by atoms with Crippen LogP contribution in [0.25, 0.3) is 0 Å². The minimum Gasteiger partial charge on any atom is -0.249 e. The van der Waals surface area contributed by atoms with Crippen LogP contribution in [0.2, 0.25) is 0 Å². The van der Waals surface area contributed by atoms with Crippen molar-refractivity contribution in [2.75, 3.05) is 0 Å². The van der Waals surface area contributed by atoms with Crippen molar-refractivity contribution in [3.05, 3.63) is 16.1 Å². The summed E-state index contributed by atoms with van der Waals surface area (Å²) in [5.74, 6) is 0.487. The van der Waals surface area contributed by atoms with Gasteiger partial charge in [0.15, 0.2) is 0 Å². The van der Waals surface area contributed by atoms with Crippen LogP contribution < -0.4 is 4.84 Å². The van der Waals surface area contributed by atoms with Crippen LogP contribution in [-0.4, -0.2) is 4.98 Å². The minimum atomic E-state index is 0.487. The van der Waals surface area contributed by atoms with Gasteiger partial charge in [-0.3, -0.25) is 0 Å². The normalized spacial score (nSPS) is 10.9. The first kappa shape index (κ1) is 8.97. The van der Waals surface area contributed by atoms with E-state index in [4.69, 9.17) is 11.8 Å². The van der Waals surface area contributed by atoms with E-state index in [9.17, 15) is 0 Å². The second kappa shape index (κ2) is 4.04. The minimum absolute atomic E-state index is 0.487. The van der Waals surface area contributed by atoms with Gasteiger partial charge in [-0.25, -0.2) is 9.82 Å². The van der Waals surface area contributed by atoms with Crippen molar-refractivity contribution < 1.29 is 0 Å². The quantitative estimate of drug-likeness (QED) is 0.741. The Bertz CT molecular complexity index is 222. The molecule has 11 heavy (non-hydrogen) atoms. The van der Waals surface area contributed by atoms with E-state index < -0.39 is 0 Å². The van der Waals surface area contributed by atoms with Crippen LogP contribution in [0.3, 0.4) is 0 Å². The zero-order chi connectivity index (χ0) is 8.27. The van der Waals surface area contributed by atoms with Gasteiger partial charge in [0.05, 0.1) is 11.2 Å². The second-order valence-corrected chi connectivity index (χ2v) is 3.83. The summed E-state index contributed by atoms with van der Waals surface area (Å²) >= 11 is 7.04. The molecule has 0 fully saturated rings. The summed E-state index contributed by atoms with van der Waals surface area (Å²) in [7, 11) is 0. The van der Waals surface area contributed by atoms with Gasteiger partial charge in [-0.1, -0.05) is 13.8 Å². The van der Waals surface area contributed by atoms with E-state index >= 15 is 0 Å². The fraction of sp³-hybridized carbons (Fsp3) is 0.571. The maximum absolute atomic E-state index is 5.40. The van der Waals surface area contributed by atoms with Gasteiger partial charge in [0.25, 0.3) is 0 Å². The van der Waals surface area contributed by atoms with Crippen molar-refractivity contribution >= 4 is 23.1 Å². The van der Waals surface area contributed by atoms with Crippen molar-refractivity contribution in [1.82, 2.24) is 9.82 Å². The summed E-state index contributed by atoms with van der Waals surface area (Å²) in [4.78, 5) is 8.09. The van der Waals surface area contributed by atoms with Gasteiger partial charge in [-0.15, -0.1) is 11.3 Å². The number of hydrogen-bond donors (Lipinski definition) is 1. The van der Waals surface area contributed by atoms with Gasteiger partial charge in [-0.05, 0) is 17.7 Å². The number of rotatable bonds is 3. The van der Waals surface area contributed by atoms with Crippen molar-refractivity contribution in [3.8, 4) is 0 Å². The van der Waals surface area contributed by atoms with Crippen LogP contribution >= 0.6 is 23.1 Å². The van der Waals surface area contributed by atoms with E-state index in [0.717, 1.165) is 5.69 Å². The highest BCUT2D eigenvalue weighted by atomic mass is 35.5. The Labute approximate surface area is 75.7 Å². The molecule has 0 amide bonds. The van der Waals surface area contributed by atoms with Gasteiger partial charge >= 0.3 is 0 Å². The molecule has 0 aliphatic carbocycles. The summed E-state index contributed by atoms with van der Waals surface area (Å²) in [5, 5.41) is 0. The predicted octanol–water partition coefficient (Wildman–Crippen LogP) is 2.51. The third kappa shape index (κ3) is 2.15. The summed E-state index contributed by atoms with van der Waals surface area (Å²) in [6.45, 7) is 4.97. The molecule has 4 heteroatoms. The van der Waals surface area contributed by atoms with Crippen LogP contribution in [0.15, 0.2) is 5.51 Å². The van der Waals surface area contributed by atoms with Crippen LogP contribution in [-0.2, 0) is 6.54 Å². The molecule has 0 radical (unpaired) electrons. The van der Waals surface area contributed by atoms with Gasteiger partial charge in [0, 0.05) is 11.4 Å². The highest BCUT2D eigenvalue weighted by molar-refractivity contribution is 7.09. The number of nitrogens with zero attached hydrogens (tertiary/aromatic N) is 1. The SMILES string of the molecule is CC(C)c1ncsc1CNCl. The predicted molar refractivity (Wildman–Crippen MR) is 48.9 cm³/mol. The molecule has 0 aliphatic heterocycles. The second-order valence-electron chi connectivity index (χ2n) is 2.63. The van der Waals surface area contributed by atoms with Crippen molar-refractivity contribution in [1.29, 1.82) is 0 Å². The first-order valence-electron chi connectivity index (χ1n) is 3.51. The number of nitrogens with one attached hydrogen (secondary N) is 1. The van der Waals surface area contributed by atoms with Gasteiger partial charge in [-0.2, -0.15) is 0 Å². The lowest BCUT2D eigenvalue weighted by Crippen LogP contribution is -2.00. The number of halogens is 1. The first-order chi connectivity index (χ1) is 5.25. The van der Waals surface area contributed by atoms with Gasteiger partial charge in [0.2, 0.25) is 0 Å². The molecular weight excluding hydrogens is 180 g/mol. The average molecular weight is 191 g/mol. The summed E-state index contributed by atoms with van der Waals surface area (Å²) < 4.78 is 0. The third-order valence-corrected chi connectivity index (χ3v) is 2.43. The molecule has 1 N–H and O–H groups in total. The van der Waals surface area contributed by atoms with Crippen LogP contribution in [0, 0.1) is 0 Å². The summed E-state index contributed by atoms with van der Waals surface area (Å²) in [5.41, 5.74) is 3.02. The largest absolute Gasteiger partial charge is 0.249 e. The third-order valence-electron chi connectivity index (χ3n) is 1.45. The molecule has 1 rings (SSSR count). The lowest BCUT2D eigenvalue weighted by Gasteiger charge is -2.02. The van der Waals surface area contributed by atoms with Crippen molar-refractivity contribution in [2.45, 2.75) is 26.3 Å². The van der Waals surface area contributed by atoms with E-state index in [0.29, 0.717) is 12.5 Å². The lowest BCUT2D eigenvalue weighted by atomic mass is 10.1. The van der Waals surface area contributed by atoms with Crippen molar-refractivity contribution in [3.63, 3.8) is 0 Å². The monoisotopic (exact) mass is 190 g/mol. The smallest absolute Gasteiger partial charge is 0.0798 e. The Kier molecular flexibility index (Phi) is 3.30. The fourth-order valence-electron chi connectivity index (χ4n) is 0.943. The van der Waals surface area contributed by atoms with Crippen LogP contribution in [0.1, 0.15) is 30.3 Å². The molecule has 62 valence electrons. The lowest BCUT2D eigenvalue weighted by molar-refractivity contribution is 0.805. The maximum atomic E-state index is 5.40. The van der Waals surface area contributed by atoms with Gasteiger partial charge in [0.1, 0.15) is 0 Å². The Morgan fingerprint density at radius 3 is 3.00 bits per heavy atom. The Balaban J connectivity index is 2.78. The summed E-state index contributed by atoms with van der Waals surface area (Å²) in [6, 6.07) is 0. The number of aromatic nitrogens is 1. The molecule has 1 aromatic heterocycles. The van der Waals surface area contributed by atoms with Crippen LogP contribution in [0.4, 0.5) is 0 Å². The molecule has 1 aromatic rings. The number of thiazole rings is 1. The first-order valence-corrected chi connectivity index (χ1v) is 4.77. The molecule has 0 bridgehead atoms. The molecule has 0 saturated heterocycles. The van der Waals surface area contributed by atoms with Gasteiger partial charge < -0.3 is 0 Å². The van der Waals surface area contributed by atoms with E-state index in [1.54, 1.807) is 11.3 Å². The number of hydrogen-bond acceptors (Lipinski definition) is 3. The van der Waals surface area contributed by atoms with E-state index in [1.165, 1.54) is 4.88 Å². The topological polar surface area (TPSA) is 24.9 Å². The average Bonchev–Trinajstić information content (AvgIpc) is 2.36. The van der Waals surface area contributed by atoms with E-state index in [-0.39, 0.29) is 0 Å². The molecule has 0 aromatic carbocycles. The Morgan fingerprint density at radius 1 is 1.73 bits per heavy atom. The molecule has 0 unspecified atom stereocenters. The van der Waals surface area contributed by atoms with E-state index in [1.807, 2.05) is 5.51 Å². The maximum Gasteiger partial charge on any atom is 0.0798 e. The molecule has 1 heterocycles. The Morgan fingerprint density at radius 2 is 2.45 bits per heavy atom. The standard InChI is InChI=1S/C7H11ClN2S/c1-5(2)7-6(3-10-8)11-4-9-7/h4-5,10H,3H2,1-2H3. The molecular formula is C7H11ClN2S. The van der Waals surface area contributed by atoms with Crippen molar-refractivity contribution in [2.24, 2.45) is 0 Å². The molecule has 2 nitrogen and oxygen atoms in total. The molecule has 0 atom stereocenters. The fourth-order valence-corrected chi connectivity index (χ4v) is 2.01. The molecule has 0 spiro atoms. The Hall–Kier alpha value is -0.120. The highest BCUT2D eigenvalue weighted by Gasteiger charge is 2.08. The molecule has 0 saturated carbocycles. The van der Waals surface area contributed by atoms with Crippen LogP contribution in [0.5, 0.6) is 0 Å². The zero-order valence-electron chi connectivity index (χ0n) is 6.60. The molecule has 0 aliphatic rings. The van der Waals surface area contributed by atoms with E-state index in [2.05, 4.69) is 23.7 Å². The highest BCUT2D eigenvalue weighted by Crippen LogP contribution is 2.21. The summed E-state index contributed by atoms with van der Waals surface area (Å²) in [6.07, 6.45) is 0. The zero-order valence-corrected chi connectivity index (χ0v) is 8.17.